The Balaban J connectivity index is 2.65. The van der Waals surface area contributed by atoms with E-state index < -0.39 is 11.6 Å². The second kappa shape index (κ2) is 4.26. The zero-order valence-corrected chi connectivity index (χ0v) is 9.14. The van der Waals surface area contributed by atoms with Crippen molar-refractivity contribution < 1.29 is 9.18 Å². The molecule has 0 unspecified atom stereocenters. The van der Waals surface area contributed by atoms with Gasteiger partial charge in [-0.25, -0.2) is 4.39 Å². The van der Waals surface area contributed by atoms with Crippen LogP contribution in [-0.2, 0) is 4.79 Å². The van der Waals surface area contributed by atoms with Crippen molar-refractivity contribution in [2.45, 2.75) is 38.9 Å². The summed E-state index contributed by atoms with van der Waals surface area (Å²) in [6, 6.07) is 0.169. The van der Waals surface area contributed by atoms with Crippen molar-refractivity contribution in [3.63, 3.8) is 0 Å². The van der Waals surface area contributed by atoms with Gasteiger partial charge in [-0.15, -0.1) is 0 Å². The summed E-state index contributed by atoms with van der Waals surface area (Å²) in [5, 5.41) is 3.18. The SMILES string of the molecule is CCN(C(=O)C(C)(C)F)[C@H]1CCNC1. The molecule has 14 heavy (non-hydrogen) atoms. The van der Waals surface area contributed by atoms with Gasteiger partial charge in [0.1, 0.15) is 0 Å². The van der Waals surface area contributed by atoms with Crippen LogP contribution in [0.3, 0.4) is 0 Å². The second-order valence-corrected chi connectivity index (χ2v) is 4.21. The van der Waals surface area contributed by atoms with Crippen molar-refractivity contribution in [2.75, 3.05) is 19.6 Å². The van der Waals surface area contributed by atoms with Gasteiger partial charge in [-0.2, -0.15) is 0 Å². The van der Waals surface area contributed by atoms with Crippen LogP contribution < -0.4 is 5.32 Å². The molecule has 1 aliphatic heterocycles. The van der Waals surface area contributed by atoms with Crippen LogP contribution in [0.15, 0.2) is 0 Å². The third kappa shape index (κ3) is 2.44. The number of hydrogen-bond acceptors (Lipinski definition) is 2. The smallest absolute Gasteiger partial charge is 0.259 e. The first kappa shape index (κ1) is 11.4. The van der Waals surface area contributed by atoms with E-state index in [0.717, 1.165) is 19.5 Å². The van der Waals surface area contributed by atoms with E-state index in [2.05, 4.69) is 5.32 Å². The van der Waals surface area contributed by atoms with E-state index >= 15 is 0 Å². The van der Waals surface area contributed by atoms with Gasteiger partial charge < -0.3 is 10.2 Å². The fourth-order valence-corrected chi connectivity index (χ4v) is 1.81. The minimum atomic E-state index is -1.75. The first-order valence-corrected chi connectivity index (χ1v) is 5.17. The Morgan fingerprint density at radius 3 is 2.64 bits per heavy atom. The minimum absolute atomic E-state index is 0.169. The van der Waals surface area contributed by atoms with Crippen molar-refractivity contribution in [1.29, 1.82) is 0 Å². The summed E-state index contributed by atoms with van der Waals surface area (Å²) < 4.78 is 13.5. The first-order chi connectivity index (χ1) is 6.46. The fraction of sp³-hybridized carbons (Fsp3) is 0.900. The maximum Gasteiger partial charge on any atom is 0.259 e. The van der Waals surface area contributed by atoms with Crippen LogP contribution in [-0.4, -0.2) is 42.2 Å². The lowest BCUT2D eigenvalue weighted by Gasteiger charge is -2.31. The highest BCUT2D eigenvalue weighted by atomic mass is 19.1. The van der Waals surface area contributed by atoms with Gasteiger partial charge in [0.05, 0.1) is 0 Å². The Morgan fingerprint density at radius 2 is 2.29 bits per heavy atom. The number of halogens is 1. The molecular formula is C10H19FN2O. The van der Waals surface area contributed by atoms with E-state index in [1.54, 1.807) is 4.90 Å². The predicted octanol–water partition coefficient (Wildman–Crippen LogP) is 0.945. The monoisotopic (exact) mass is 202 g/mol. The van der Waals surface area contributed by atoms with Gasteiger partial charge in [-0.05, 0) is 33.7 Å². The summed E-state index contributed by atoms with van der Waals surface area (Å²) in [5.74, 6) is -0.395. The van der Waals surface area contributed by atoms with Crippen molar-refractivity contribution >= 4 is 5.91 Å². The molecule has 0 aromatic heterocycles. The zero-order valence-electron chi connectivity index (χ0n) is 9.14. The number of nitrogens with zero attached hydrogens (tertiary/aromatic N) is 1. The van der Waals surface area contributed by atoms with Gasteiger partial charge in [-0.3, -0.25) is 4.79 Å². The summed E-state index contributed by atoms with van der Waals surface area (Å²) in [6.07, 6.45) is 0.926. The fourth-order valence-electron chi connectivity index (χ4n) is 1.81. The topological polar surface area (TPSA) is 32.3 Å². The van der Waals surface area contributed by atoms with Crippen LogP contribution >= 0.6 is 0 Å². The highest BCUT2D eigenvalue weighted by Crippen LogP contribution is 2.17. The molecule has 0 bridgehead atoms. The third-order valence-electron chi connectivity index (χ3n) is 2.59. The van der Waals surface area contributed by atoms with Crippen LogP contribution in [0.4, 0.5) is 4.39 Å². The van der Waals surface area contributed by atoms with Crippen molar-refractivity contribution in [3.8, 4) is 0 Å². The summed E-state index contributed by atoms with van der Waals surface area (Å²) in [4.78, 5) is 13.3. The van der Waals surface area contributed by atoms with Crippen molar-refractivity contribution in [1.82, 2.24) is 10.2 Å². The number of amides is 1. The molecule has 1 saturated heterocycles. The average Bonchev–Trinajstić information content (AvgIpc) is 2.57. The number of hydrogen-bond donors (Lipinski definition) is 1. The Morgan fingerprint density at radius 1 is 1.64 bits per heavy atom. The number of rotatable bonds is 3. The van der Waals surface area contributed by atoms with Gasteiger partial charge in [0.25, 0.3) is 5.91 Å². The maximum absolute atomic E-state index is 13.5. The van der Waals surface area contributed by atoms with Gasteiger partial charge in [-0.1, -0.05) is 0 Å². The molecular weight excluding hydrogens is 183 g/mol. The molecule has 1 heterocycles. The summed E-state index contributed by atoms with van der Waals surface area (Å²) >= 11 is 0. The Bertz CT molecular complexity index is 207. The van der Waals surface area contributed by atoms with Gasteiger partial charge in [0, 0.05) is 19.1 Å². The maximum atomic E-state index is 13.5. The van der Waals surface area contributed by atoms with Gasteiger partial charge in [0.2, 0.25) is 0 Å². The van der Waals surface area contributed by atoms with E-state index in [1.807, 2.05) is 6.92 Å². The summed E-state index contributed by atoms with van der Waals surface area (Å²) in [5.41, 5.74) is -1.75. The Labute approximate surface area is 84.7 Å². The molecule has 1 atom stereocenters. The van der Waals surface area contributed by atoms with Crippen molar-refractivity contribution in [3.05, 3.63) is 0 Å². The molecule has 3 nitrogen and oxygen atoms in total. The van der Waals surface area contributed by atoms with E-state index in [-0.39, 0.29) is 6.04 Å². The minimum Gasteiger partial charge on any atom is -0.336 e. The lowest BCUT2D eigenvalue weighted by molar-refractivity contribution is -0.143. The molecule has 0 radical (unpaired) electrons. The van der Waals surface area contributed by atoms with E-state index in [1.165, 1.54) is 13.8 Å². The molecule has 4 heteroatoms. The van der Waals surface area contributed by atoms with Gasteiger partial charge in [0.15, 0.2) is 5.67 Å². The van der Waals surface area contributed by atoms with Crippen LogP contribution in [0.5, 0.6) is 0 Å². The van der Waals surface area contributed by atoms with E-state index in [0.29, 0.717) is 6.54 Å². The van der Waals surface area contributed by atoms with E-state index in [9.17, 15) is 9.18 Å². The largest absolute Gasteiger partial charge is 0.336 e. The Kier molecular flexibility index (Phi) is 3.48. The number of likely N-dealkylation sites (N-methyl/N-ethyl adjacent to an activating group) is 1. The number of nitrogens with one attached hydrogen (secondary N) is 1. The predicted molar refractivity (Wildman–Crippen MR) is 53.8 cm³/mol. The third-order valence-corrected chi connectivity index (χ3v) is 2.59. The van der Waals surface area contributed by atoms with E-state index in [4.69, 9.17) is 0 Å². The Hall–Kier alpha value is -0.640. The normalized spacial score (nSPS) is 22.4. The quantitative estimate of drug-likeness (QED) is 0.739. The summed E-state index contributed by atoms with van der Waals surface area (Å²) in [7, 11) is 0. The van der Waals surface area contributed by atoms with Crippen LogP contribution in [0.1, 0.15) is 27.2 Å². The number of alkyl halides is 1. The first-order valence-electron chi connectivity index (χ1n) is 5.17. The molecule has 1 rings (SSSR count). The molecule has 0 aliphatic carbocycles. The average molecular weight is 202 g/mol. The van der Waals surface area contributed by atoms with Crippen LogP contribution in [0.2, 0.25) is 0 Å². The molecule has 1 amide bonds. The van der Waals surface area contributed by atoms with Gasteiger partial charge >= 0.3 is 0 Å². The second-order valence-electron chi connectivity index (χ2n) is 4.21. The number of carbonyl (C=O) groups is 1. The molecule has 0 aromatic rings. The lowest BCUT2D eigenvalue weighted by atomic mass is 10.1. The molecule has 0 spiro atoms. The highest BCUT2D eigenvalue weighted by Gasteiger charge is 2.35. The standard InChI is InChI=1S/C10H19FN2O/c1-4-13(8-5-6-12-7-8)9(14)10(2,3)11/h8,12H,4-7H2,1-3H3/t8-/m0/s1. The van der Waals surface area contributed by atoms with Crippen LogP contribution in [0.25, 0.3) is 0 Å². The summed E-state index contributed by atoms with van der Waals surface area (Å²) in [6.45, 7) is 6.82. The molecule has 1 fully saturated rings. The lowest BCUT2D eigenvalue weighted by Crippen LogP contribution is -2.48. The van der Waals surface area contributed by atoms with Crippen LogP contribution in [0, 0.1) is 0 Å². The zero-order chi connectivity index (χ0) is 10.8. The molecule has 82 valence electrons. The molecule has 1 aliphatic rings. The molecule has 1 N–H and O–H groups in total. The van der Waals surface area contributed by atoms with Crippen molar-refractivity contribution in [2.24, 2.45) is 0 Å². The highest BCUT2D eigenvalue weighted by molar-refractivity contribution is 5.84. The molecule has 0 aromatic carbocycles. The molecule has 0 saturated carbocycles. The number of carbonyl (C=O) groups excluding carboxylic acids is 1.